The Hall–Kier alpha value is -3.97. The summed E-state index contributed by atoms with van der Waals surface area (Å²) < 4.78 is 10.8. The molecule has 30 heavy (non-hydrogen) atoms. The molecule has 0 saturated heterocycles. The number of nitro benzene ring substituents is 1. The van der Waals surface area contributed by atoms with Crippen molar-refractivity contribution in [3.05, 3.63) is 104 Å². The fraction of sp³-hybridized carbons (Fsp3) is 0. The van der Waals surface area contributed by atoms with Crippen LogP contribution in [-0.2, 0) is 0 Å². The molecule has 0 N–H and O–H groups in total. The van der Waals surface area contributed by atoms with Crippen LogP contribution < -0.4 is 10.2 Å². The summed E-state index contributed by atoms with van der Waals surface area (Å²) in [7, 11) is 0. The number of esters is 1. The molecule has 0 spiro atoms. The van der Waals surface area contributed by atoms with E-state index in [0.29, 0.717) is 10.9 Å². The number of nitro groups is 1. The highest BCUT2D eigenvalue weighted by atomic mass is 35.5. The third-order valence-electron chi connectivity index (χ3n) is 4.42. The zero-order valence-corrected chi connectivity index (χ0v) is 16.0. The lowest BCUT2D eigenvalue weighted by molar-refractivity contribution is -0.384. The molecule has 0 atom stereocenters. The molecule has 0 amide bonds. The summed E-state index contributed by atoms with van der Waals surface area (Å²) in [5.74, 6) is -0.767. The van der Waals surface area contributed by atoms with Crippen LogP contribution in [0.15, 0.2) is 82.2 Å². The second-order valence-electron chi connectivity index (χ2n) is 6.31. The van der Waals surface area contributed by atoms with Crippen molar-refractivity contribution in [2.45, 2.75) is 0 Å². The number of halogens is 1. The number of rotatable bonds is 4. The van der Waals surface area contributed by atoms with Gasteiger partial charge in [0.25, 0.3) is 5.69 Å². The lowest BCUT2D eigenvalue weighted by Gasteiger charge is -2.07. The standard InChI is InChI=1S/C22H12ClNO6/c23-19-9-6-14(24(27)28)10-17(19)22(26)30-15-7-8-16-20(11-15)29-12-18(21(16)25)13-4-2-1-3-5-13/h1-12H. The molecule has 0 fully saturated rings. The van der Waals surface area contributed by atoms with Gasteiger partial charge in [-0.25, -0.2) is 4.79 Å². The van der Waals surface area contributed by atoms with E-state index in [4.69, 9.17) is 20.8 Å². The van der Waals surface area contributed by atoms with E-state index in [2.05, 4.69) is 0 Å². The van der Waals surface area contributed by atoms with E-state index < -0.39 is 10.9 Å². The zero-order chi connectivity index (χ0) is 21.3. The number of fused-ring (bicyclic) bond motifs is 1. The average molecular weight is 422 g/mol. The van der Waals surface area contributed by atoms with Gasteiger partial charge in [-0.2, -0.15) is 0 Å². The summed E-state index contributed by atoms with van der Waals surface area (Å²) in [5.41, 5.74) is 0.716. The summed E-state index contributed by atoms with van der Waals surface area (Å²) in [5, 5.41) is 11.3. The Balaban J connectivity index is 1.67. The van der Waals surface area contributed by atoms with Crippen molar-refractivity contribution in [1.29, 1.82) is 0 Å². The maximum Gasteiger partial charge on any atom is 0.345 e. The molecule has 0 saturated carbocycles. The number of hydrogen-bond acceptors (Lipinski definition) is 6. The number of non-ortho nitro benzene ring substituents is 1. The summed E-state index contributed by atoms with van der Waals surface area (Å²) in [6.07, 6.45) is 1.35. The van der Waals surface area contributed by atoms with Crippen molar-refractivity contribution in [3.63, 3.8) is 0 Å². The first kappa shape index (κ1) is 19.4. The van der Waals surface area contributed by atoms with Gasteiger partial charge in [-0.05, 0) is 23.8 Å². The van der Waals surface area contributed by atoms with E-state index >= 15 is 0 Å². The average Bonchev–Trinajstić information content (AvgIpc) is 2.74. The Morgan fingerprint density at radius 1 is 1.03 bits per heavy atom. The molecule has 1 aromatic heterocycles. The molecular formula is C22H12ClNO6. The topological polar surface area (TPSA) is 99.7 Å². The molecule has 1 heterocycles. The Morgan fingerprint density at radius 2 is 1.80 bits per heavy atom. The molecule has 4 rings (SSSR count). The van der Waals surface area contributed by atoms with Crippen molar-refractivity contribution < 1.29 is 18.9 Å². The lowest BCUT2D eigenvalue weighted by Crippen LogP contribution is -2.10. The van der Waals surface area contributed by atoms with Crippen LogP contribution in [0.25, 0.3) is 22.1 Å². The van der Waals surface area contributed by atoms with Gasteiger partial charge in [-0.3, -0.25) is 14.9 Å². The molecule has 0 aliphatic rings. The third kappa shape index (κ3) is 3.66. The Bertz CT molecular complexity index is 1350. The summed E-state index contributed by atoms with van der Waals surface area (Å²) >= 11 is 5.97. The molecule has 7 nitrogen and oxygen atoms in total. The summed E-state index contributed by atoms with van der Waals surface area (Å²) in [6.45, 7) is 0. The van der Waals surface area contributed by atoms with E-state index in [1.807, 2.05) is 18.2 Å². The van der Waals surface area contributed by atoms with E-state index in [1.54, 1.807) is 12.1 Å². The van der Waals surface area contributed by atoms with Crippen LogP contribution in [-0.4, -0.2) is 10.9 Å². The Kier molecular flexibility index (Phi) is 5.04. The molecule has 0 unspecified atom stereocenters. The van der Waals surface area contributed by atoms with Gasteiger partial charge in [0.2, 0.25) is 0 Å². The highest BCUT2D eigenvalue weighted by Crippen LogP contribution is 2.26. The number of carbonyl (C=O) groups excluding carboxylic acids is 1. The molecule has 148 valence electrons. The van der Waals surface area contributed by atoms with Gasteiger partial charge in [0.1, 0.15) is 17.6 Å². The summed E-state index contributed by atoms with van der Waals surface area (Å²) in [4.78, 5) is 35.5. The van der Waals surface area contributed by atoms with E-state index in [1.165, 1.54) is 36.6 Å². The third-order valence-corrected chi connectivity index (χ3v) is 4.75. The Labute approximate surface area is 174 Å². The van der Waals surface area contributed by atoms with Crippen LogP contribution in [0.4, 0.5) is 5.69 Å². The minimum absolute atomic E-state index is 0.0189. The van der Waals surface area contributed by atoms with Crippen LogP contribution in [0.2, 0.25) is 5.02 Å². The van der Waals surface area contributed by atoms with Gasteiger partial charge < -0.3 is 9.15 Å². The predicted octanol–water partition coefficient (Wildman–Crippen LogP) is 5.24. The van der Waals surface area contributed by atoms with Crippen molar-refractivity contribution in [1.82, 2.24) is 0 Å². The number of nitrogens with zero attached hydrogens (tertiary/aromatic N) is 1. The maximum absolute atomic E-state index is 12.8. The second-order valence-corrected chi connectivity index (χ2v) is 6.72. The van der Waals surface area contributed by atoms with Gasteiger partial charge in [-0.15, -0.1) is 0 Å². The molecular weight excluding hydrogens is 410 g/mol. The first-order valence-electron chi connectivity index (χ1n) is 8.71. The molecule has 4 aromatic rings. The van der Waals surface area contributed by atoms with Crippen LogP contribution in [0.3, 0.4) is 0 Å². The molecule has 8 heteroatoms. The van der Waals surface area contributed by atoms with Gasteiger partial charge in [-0.1, -0.05) is 41.9 Å². The first-order chi connectivity index (χ1) is 14.4. The fourth-order valence-electron chi connectivity index (χ4n) is 2.93. The van der Waals surface area contributed by atoms with Gasteiger partial charge in [0, 0.05) is 18.2 Å². The van der Waals surface area contributed by atoms with E-state index in [0.717, 1.165) is 11.6 Å². The van der Waals surface area contributed by atoms with Gasteiger partial charge >= 0.3 is 5.97 Å². The number of ether oxygens (including phenoxy) is 1. The van der Waals surface area contributed by atoms with E-state index in [9.17, 15) is 19.7 Å². The largest absolute Gasteiger partial charge is 0.463 e. The zero-order valence-electron chi connectivity index (χ0n) is 15.2. The van der Waals surface area contributed by atoms with Crippen LogP contribution >= 0.6 is 11.6 Å². The SMILES string of the molecule is O=C(Oc1ccc2c(=O)c(-c3ccccc3)coc2c1)c1cc([N+](=O)[O-])ccc1Cl. The van der Waals surface area contributed by atoms with Crippen molar-refractivity contribution in [2.24, 2.45) is 0 Å². The van der Waals surface area contributed by atoms with Crippen molar-refractivity contribution >= 4 is 34.2 Å². The van der Waals surface area contributed by atoms with Gasteiger partial charge in [0.05, 0.1) is 26.5 Å². The molecule has 0 bridgehead atoms. The molecule has 0 aliphatic carbocycles. The molecule has 0 radical (unpaired) electrons. The van der Waals surface area contributed by atoms with Crippen LogP contribution in [0.5, 0.6) is 5.75 Å². The number of hydrogen-bond donors (Lipinski definition) is 0. The fourth-order valence-corrected chi connectivity index (χ4v) is 3.13. The second kappa shape index (κ2) is 7.81. The summed E-state index contributed by atoms with van der Waals surface area (Å²) in [6, 6.07) is 16.9. The van der Waals surface area contributed by atoms with E-state index in [-0.39, 0.29) is 33.0 Å². The highest BCUT2D eigenvalue weighted by molar-refractivity contribution is 6.33. The molecule has 0 aliphatic heterocycles. The smallest absolute Gasteiger partial charge is 0.345 e. The van der Waals surface area contributed by atoms with Gasteiger partial charge in [0.15, 0.2) is 5.43 Å². The monoisotopic (exact) mass is 421 g/mol. The van der Waals surface area contributed by atoms with Crippen molar-refractivity contribution in [3.8, 4) is 16.9 Å². The van der Waals surface area contributed by atoms with Crippen LogP contribution in [0, 0.1) is 10.1 Å². The Morgan fingerprint density at radius 3 is 2.53 bits per heavy atom. The normalized spacial score (nSPS) is 10.7. The maximum atomic E-state index is 12.8. The number of benzene rings is 3. The highest BCUT2D eigenvalue weighted by Gasteiger charge is 2.18. The first-order valence-corrected chi connectivity index (χ1v) is 9.09. The van der Waals surface area contributed by atoms with Crippen molar-refractivity contribution in [2.75, 3.05) is 0 Å². The lowest BCUT2D eigenvalue weighted by atomic mass is 10.1. The minimum atomic E-state index is -0.869. The quantitative estimate of drug-likeness (QED) is 0.193. The predicted molar refractivity (Wildman–Crippen MR) is 111 cm³/mol. The minimum Gasteiger partial charge on any atom is -0.463 e. The number of carbonyl (C=O) groups is 1. The van der Waals surface area contributed by atoms with Crippen LogP contribution in [0.1, 0.15) is 10.4 Å². The molecule has 3 aromatic carbocycles.